The number of nitrogens with zero attached hydrogens (tertiary/aromatic N) is 5. The summed E-state index contributed by atoms with van der Waals surface area (Å²) < 4.78 is 4.72. The van der Waals surface area contributed by atoms with Crippen LogP contribution in [-0.2, 0) is 7.05 Å². The van der Waals surface area contributed by atoms with Crippen LogP contribution in [0.1, 0.15) is 0 Å². The molecule has 6 nitrogen and oxygen atoms in total. The predicted molar refractivity (Wildman–Crippen MR) is 86.4 cm³/mol. The van der Waals surface area contributed by atoms with E-state index in [-0.39, 0.29) is 0 Å². The van der Waals surface area contributed by atoms with E-state index in [9.17, 15) is 0 Å². The number of nitrogens with one attached hydrogen (secondary N) is 1. The van der Waals surface area contributed by atoms with Crippen LogP contribution in [0.15, 0.2) is 37.1 Å². The minimum Gasteiger partial charge on any atom is -0.460 e. The lowest BCUT2D eigenvalue weighted by Crippen LogP contribution is -3.07. The van der Waals surface area contributed by atoms with Crippen LogP contribution in [0.4, 0.5) is 0 Å². The van der Waals surface area contributed by atoms with Gasteiger partial charge in [-0.1, -0.05) is 0 Å². The van der Waals surface area contributed by atoms with Crippen LogP contribution in [0.2, 0.25) is 0 Å². The molecule has 0 saturated carbocycles. The van der Waals surface area contributed by atoms with Crippen molar-refractivity contribution >= 4 is 42.9 Å². The molecule has 0 aliphatic carbocycles. The van der Waals surface area contributed by atoms with Crippen molar-refractivity contribution in [3.05, 3.63) is 41.8 Å². The zero-order valence-corrected chi connectivity index (χ0v) is 12.9. The van der Waals surface area contributed by atoms with Gasteiger partial charge in [-0.2, -0.15) is 0 Å². The first kappa shape index (κ1) is 13.3. The summed E-state index contributed by atoms with van der Waals surface area (Å²) in [5.74, 6) is 0. The van der Waals surface area contributed by atoms with E-state index in [0.29, 0.717) is 0 Å². The van der Waals surface area contributed by atoms with Gasteiger partial charge in [-0.25, -0.2) is 4.92 Å². The Balaban J connectivity index is 2.05. The second kappa shape index (κ2) is 5.00. The number of quaternary nitrogens is 1. The number of allylic oxidation sites excluding steroid dienone is 1. The highest BCUT2D eigenvalue weighted by molar-refractivity contribution is 7.80. The van der Waals surface area contributed by atoms with Crippen molar-refractivity contribution in [3.63, 3.8) is 0 Å². The molecule has 20 heavy (non-hydrogen) atoms. The number of imidazole rings is 1. The molecule has 2 aliphatic heterocycles. The Hall–Kier alpha value is -1.71. The lowest BCUT2D eigenvalue weighted by Gasteiger charge is -2.34. The summed E-state index contributed by atoms with van der Waals surface area (Å²) in [7, 11) is 2.73. The van der Waals surface area contributed by atoms with Gasteiger partial charge in [0.2, 0.25) is 5.11 Å². The van der Waals surface area contributed by atoms with E-state index >= 15 is 0 Å². The highest BCUT2D eigenvalue weighted by atomic mass is 32.1. The number of hydrogen-bond donors (Lipinski definition) is 1. The molecule has 3 rings (SSSR count). The third-order valence-electron chi connectivity index (χ3n) is 3.58. The summed E-state index contributed by atoms with van der Waals surface area (Å²) in [6.45, 7) is 0. The van der Waals surface area contributed by atoms with Crippen LogP contribution in [0.3, 0.4) is 0 Å². The van der Waals surface area contributed by atoms with Gasteiger partial charge < -0.3 is 13.9 Å². The molecule has 2 aliphatic rings. The summed E-state index contributed by atoms with van der Waals surface area (Å²) in [5.41, 5.74) is 0. The average molecular weight is 306 g/mol. The smallest absolute Gasteiger partial charge is 0.350 e. The number of thiocarbonyl (C=S) groups is 1. The van der Waals surface area contributed by atoms with Gasteiger partial charge >= 0.3 is 7.12 Å². The van der Waals surface area contributed by atoms with E-state index in [1.807, 2.05) is 60.7 Å². The number of hydrogen-bond acceptors (Lipinski definition) is 4. The highest BCUT2D eigenvalue weighted by Gasteiger charge is 2.33. The van der Waals surface area contributed by atoms with Gasteiger partial charge in [-0.3, -0.25) is 4.90 Å². The van der Waals surface area contributed by atoms with Gasteiger partial charge in [0.1, 0.15) is 16.1 Å². The lowest BCUT2D eigenvalue weighted by molar-refractivity contribution is -0.717. The largest absolute Gasteiger partial charge is 0.460 e. The molecule has 3 heterocycles. The van der Waals surface area contributed by atoms with E-state index in [1.165, 1.54) is 0 Å². The maximum atomic E-state index is 5.52. The summed E-state index contributed by atoms with van der Waals surface area (Å²) in [6.07, 6.45) is 13.6. The fraction of sp³-hybridized carbons (Fsp3) is 0.182. The van der Waals surface area contributed by atoms with Gasteiger partial charge in [0, 0.05) is 43.9 Å². The van der Waals surface area contributed by atoms with Crippen LogP contribution in [-0.4, -0.2) is 44.3 Å². The molecule has 0 aromatic carbocycles. The topological polar surface area (TPSA) is 34.9 Å². The Kier molecular flexibility index (Phi) is 3.32. The van der Waals surface area contributed by atoms with Crippen molar-refractivity contribution in [1.29, 1.82) is 0 Å². The average Bonchev–Trinajstić information content (AvgIpc) is 3.13. The van der Waals surface area contributed by atoms with Gasteiger partial charge in [0.05, 0.1) is 7.05 Å². The fourth-order valence-electron chi connectivity index (χ4n) is 2.46. The monoisotopic (exact) mass is 306 g/mol. The number of rotatable bonds is 3. The summed E-state index contributed by atoms with van der Waals surface area (Å²) >= 11 is 11.0. The summed E-state index contributed by atoms with van der Waals surface area (Å²) in [5, 5.41) is 5.21. The van der Waals surface area contributed by atoms with E-state index in [2.05, 4.69) is 14.4 Å². The highest BCUT2D eigenvalue weighted by Crippen LogP contribution is 2.10. The molecule has 9 heteroatoms. The molecule has 0 fully saturated rings. The normalized spacial score (nSPS) is 22.3. The molecule has 2 unspecified atom stereocenters. The maximum Gasteiger partial charge on any atom is 0.350 e. The molecule has 0 amide bonds. The number of aromatic nitrogens is 2. The molecule has 2 atom stereocenters. The first-order chi connectivity index (χ1) is 9.59. The standard InChI is InChI=1S/C11H14BN6S2/c1-14-6-8-16(10(14)19)12(18-5-3-4-13-18)17-9-7-15(2)11(17)20/h3-9,12H,1-2H3/p+1. The van der Waals surface area contributed by atoms with Gasteiger partial charge in [0.15, 0.2) is 0 Å². The van der Waals surface area contributed by atoms with E-state index in [0.717, 1.165) is 14.8 Å². The molecule has 0 saturated heterocycles. The summed E-state index contributed by atoms with van der Waals surface area (Å²) in [4.78, 5) is 5.09. The van der Waals surface area contributed by atoms with E-state index in [1.54, 1.807) is 6.21 Å². The van der Waals surface area contributed by atoms with E-state index < -0.39 is 7.12 Å². The van der Waals surface area contributed by atoms with Crippen LogP contribution in [0.5, 0.6) is 0 Å². The second-order valence-corrected chi connectivity index (χ2v) is 5.66. The predicted octanol–water partition coefficient (Wildman–Crippen LogP) is -1.14. The first-order valence-corrected chi connectivity index (χ1v) is 7.15. The van der Waals surface area contributed by atoms with Crippen molar-refractivity contribution < 1.29 is 4.90 Å². The van der Waals surface area contributed by atoms with Crippen LogP contribution in [0, 0.1) is 4.77 Å². The van der Waals surface area contributed by atoms with Crippen LogP contribution >= 0.6 is 24.4 Å². The third kappa shape index (κ3) is 2.03. The zero-order valence-electron chi connectivity index (χ0n) is 11.3. The Morgan fingerprint density at radius 3 is 2.55 bits per heavy atom. The van der Waals surface area contributed by atoms with Gasteiger partial charge in [-0.15, -0.1) is 0 Å². The van der Waals surface area contributed by atoms with Gasteiger partial charge in [-0.05, 0) is 18.4 Å². The summed E-state index contributed by atoms with van der Waals surface area (Å²) in [6, 6.07) is 0. The molecule has 0 spiro atoms. The Morgan fingerprint density at radius 1 is 1.25 bits per heavy atom. The van der Waals surface area contributed by atoms with Crippen molar-refractivity contribution in [2.45, 2.75) is 0 Å². The Labute approximate surface area is 128 Å². The maximum absolute atomic E-state index is 5.52. The molecule has 103 valence electrons. The molecule has 1 radical (unpaired) electrons. The minimum atomic E-state index is -1.22. The van der Waals surface area contributed by atoms with Crippen molar-refractivity contribution in [2.75, 3.05) is 7.05 Å². The third-order valence-corrected chi connectivity index (χ3v) is 4.66. The quantitative estimate of drug-likeness (QED) is 0.566. The molecule has 1 N–H and O–H groups in total. The van der Waals surface area contributed by atoms with E-state index in [4.69, 9.17) is 24.4 Å². The lowest BCUT2D eigenvalue weighted by atomic mass is 9.89. The van der Waals surface area contributed by atoms with Crippen LogP contribution in [0.25, 0.3) is 0 Å². The van der Waals surface area contributed by atoms with Crippen molar-refractivity contribution in [2.24, 2.45) is 7.05 Å². The van der Waals surface area contributed by atoms with Crippen LogP contribution < -0.4 is 10.0 Å². The molecular weight excluding hydrogens is 291 g/mol. The zero-order chi connectivity index (χ0) is 14.3. The van der Waals surface area contributed by atoms with Crippen molar-refractivity contribution in [1.82, 2.24) is 23.9 Å². The first-order valence-electron chi connectivity index (χ1n) is 6.34. The Bertz CT molecular complexity index is 675. The number of aryl methyl sites for hydroxylation is 1. The molecule has 0 bridgehead atoms. The minimum absolute atomic E-state index is 0.751. The fourth-order valence-corrected chi connectivity index (χ4v) is 2.94. The van der Waals surface area contributed by atoms with Gasteiger partial charge in [0.25, 0.3) is 6.21 Å². The second-order valence-electron chi connectivity index (χ2n) is 4.90. The molecular formula is C11H15BN6S2+. The molecule has 1 aromatic rings. The number of hydrazone groups is 1. The molecule has 1 aromatic heterocycles. The van der Waals surface area contributed by atoms with Crippen molar-refractivity contribution in [3.8, 4) is 0 Å². The Morgan fingerprint density at radius 2 is 2.05 bits per heavy atom. The SMILES string of the molecule is Cn1ccn([BH-](N2C=CC=[N+]2)N2C=C[NH+](C)C2=S)c1=S.